The molecule has 3 rings (SSSR count). The molecule has 0 fully saturated rings. The summed E-state index contributed by atoms with van der Waals surface area (Å²) in [5.41, 5.74) is 12.8. The Morgan fingerprint density at radius 2 is 1.92 bits per heavy atom. The Balaban J connectivity index is 2.12. The minimum absolute atomic E-state index is 0.112. The third-order valence-corrected chi connectivity index (χ3v) is 4.84. The quantitative estimate of drug-likeness (QED) is 0.690. The van der Waals surface area contributed by atoms with Crippen LogP contribution in [0.2, 0.25) is 0 Å². The van der Waals surface area contributed by atoms with E-state index in [1.165, 1.54) is 14.2 Å². The molecule has 0 unspecified atom stereocenters. The first-order chi connectivity index (χ1) is 12.0. The Morgan fingerprint density at radius 3 is 2.56 bits per heavy atom. The van der Waals surface area contributed by atoms with Gasteiger partial charge in [-0.3, -0.25) is 4.79 Å². The van der Waals surface area contributed by atoms with E-state index in [0.29, 0.717) is 32.2 Å². The number of benzene rings is 1. The number of thiophene rings is 1. The molecule has 0 saturated heterocycles. The van der Waals surface area contributed by atoms with Crippen molar-refractivity contribution >= 4 is 38.8 Å². The van der Waals surface area contributed by atoms with Gasteiger partial charge in [-0.15, -0.1) is 11.3 Å². The van der Waals surface area contributed by atoms with Gasteiger partial charge < -0.3 is 20.9 Å². The number of nitrogens with zero attached hydrogens (tertiary/aromatic N) is 2. The molecule has 0 atom stereocenters. The first kappa shape index (κ1) is 16.5. The van der Waals surface area contributed by atoms with E-state index in [-0.39, 0.29) is 22.9 Å². The maximum absolute atomic E-state index is 12.9. The lowest BCUT2D eigenvalue weighted by Crippen LogP contribution is -2.03. The van der Waals surface area contributed by atoms with Gasteiger partial charge in [0.2, 0.25) is 5.78 Å². The second kappa shape index (κ2) is 6.30. The molecule has 0 aliphatic rings. The summed E-state index contributed by atoms with van der Waals surface area (Å²) in [5.74, 6) is 0.818. The lowest BCUT2D eigenvalue weighted by Gasteiger charge is -2.08. The number of pyridine rings is 1. The van der Waals surface area contributed by atoms with Crippen LogP contribution in [0.15, 0.2) is 24.3 Å². The molecule has 0 saturated carbocycles. The van der Waals surface area contributed by atoms with Crippen molar-refractivity contribution in [3.63, 3.8) is 0 Å². The molecule has 3 aromatic rings. The molecule has 4 N–H and O–H groups in total. The number of ether oxygens (including phenoxy) is 2. The van der Waals surface area contributed by atoms with E-state index in [1.54, 1.807) is 24.3 Å². The first-order valence-electron chi connectivity index (χ1n) is 7.15. The number of methoxy groups -OCH3 is 2. The van der Waals surface area contributed by atoms with Crippen molar-refractivity contribution in [1.29, 1.82) is 5.26 Å². The minimum Gasteiger partial charge on any atom is -0.493 e. The van der Waals surface area contributed by atoms with Gasteiger partial charge in [0.15, 0.2) is 11.5 Å². The summed E-state index contributed by atoms with van der Waals surface area (Å²) in [6, 6.07) is 8.39. The van der Waals surface area contributed by atoms with Crippen LogP contribution in [0.3, 0.4) is 0 Å². The lowest BCUT2D eigenvalue weighted by atomic mass is 10.1. The highest BCUT2D eigenvalue weighted by Gasteiger charge is 2.21. The van der Waals surface area contributed by atoms with Crippen molar-refractivity contribution in [2.45, 2.75) is 0 Å². The van der Waals surface area contributed by atoms with Crippen LogP contribution in [0, 0.1) is 11.3 Å². The number of aromatic nitrogens is 1. The maximum Gasteiger partial charge on any atom is 0.205 e. The van der Waals surface area contributed by atoms with Gasteiger partial charge in [-0.05, 0) is 24.3 Å². The summed E-state index contributed by atoms with van der Waals surface area (Å²) >= 11 is 1.14. The number of carbonyl (C=O) groups excluding carboxylic acids is 1. The molecule has 0 radical (unpaired) electrons. The van der Waals surface area contributed by atoms with Gasteiger partial charge in [0.25, 0.3) is 0 Å². The largest absolute Gasteiger partial charge is 0.493 e. The molecule has 25 heavy (non-hydrogen) atoms. The van der Waals surface area contributed by atoms with Crippen molar-refractivity contribution in [3.8, 4) is 17.6 Å². The summed E-state index contributed by atoms with van der Waals surface area (Å²) in [4.78, 5) is 17.9. The van der Waals surface area contributed by atoms with E-state index in [9.17, 15) is 4.79 Å². The molecular weight excluding hydrogens is 340 g/mol. The number of ketones is 1. The second-order valence-corrected chi connectivity index (χ2v) is 6.13. The monoisotopic (exact) mass is 354 g/mol. The fraction of sp³-hybridized carbons (Fsp3) is 0.118. The third kappa shape index (κ3) is 2.70. The number of hydrogen-bond donors (Lipinski definition) is 2. The van der Waals surface area contributed by atoms with Crippen LogP contribution in [0.4, 0.5) is 11.5 Å². The van der Waals surface area contributed by atoms with E-state index >= 15 is 0 Å². The van der Waals surface area contributed by atoms with Crippen LogP contribution in [0.25, 0.3) is 10.2 Å². The number of rotatable bonds is 4. The molecule has 0 amide bonds. The highest BCUT2D eigenvalue weighted by molar-refractivity contribution is 7.21. The molecule has 0 spiro atoms. The summed E-state index contributed by atoms with van der Waals surface area (Å²) in [7, 11) is 3.02. The molecule has 2 heterocycles. The highest BCUT2D eigenvalue weighted by Crippen LogP contribution is 2.36. The summed E-state index contributed by atoms with van der Waals surface area (Å²) in [6.07, 6.45) is 0. The first-order valence-corrected chi connectivity index (χ1v) is 7.97. The summed E-state index contributed by atoms with van der Waals surface area (Å²) in [6.45, 7) is 0. The zero-order valence-corrected chi connectivity index (χ0v) is 14.3. The normalized spacial score (nSPS) is 10.4. The van der Waals surface area contributed by atoms with Gasteiger partial charge in [0, 0.05) is 10.9 Å². The standard InChI is InChI=1S/C17H14N4O3S/c1-23-11-4-3-8(6-12(11)24-2)14(22)15-13(19)10-5-9(7-18)16(20)21-17(10)25-15/h3-6H,19H2,1-2H3,(H2,20,21). The van der Waals surface area contributed by atoms with E-state index in [0.717, 1.165) is 11.3 Å². The Labute approximate surface area is 147 Å². The molecule has 8 heteroatoms. The molecule has 7 nitrogen and oxygen atoms in total. The number of nitrogen functional groups attached to an aromatic ring is 2. The van der Waals surface area contributed by atoms with E-state index in [4.69, 9.17) is 26.2 Å². The number of nitriles is 1. The van der Waals surface area contributed by atoms with Gasteiger partial charge in [-0.2, -0.15) is 5.26 Å². The van der Waals surface area contributed by atoms with Crippen LogP contribution < -0.4 is 20.9 Å². The molecular formula is C17H14N4O3S. The zero-order valence-electron chi connectivity index (χ0n) is 13.5. The Kier molecular flexibility index (Phi) is 4.17. The SMILES string of the molecule is COc1ccc(C(=O)c2sc3nc(N)c(C#N)cc3c2N)cc1OC. The molecule has 126 valence electrons. The van der Waals surface area contributed by atoms with E-state index in [1.807, 2.05) is 6.07 Å². The van der Waals surface area contributed by atoms with Crippen molar-refractivity contribution in [1.82, 2.24) is 4.98 Å². The Hall–Kier alpha value is -3.31. The number of carbonyl (C=O) groups is 1. The maximum atomic E-state index is 12.9. The van der Waals surface area contributed by atoms with Gasteiger partial charge in [0.1, 0.15) is 21.6 Å². The van der Waals surface area contributed by atoms with E-state index in [2.05, 4.69) is 4.98 Å². The Bertz CT molecular complexity index is 1040. The van der Waals surface area contributed by atoms with Crippen LogP contribution in [0.1, 0.15) is 20.8 Å². The van der Waals surface area contributed by atoms with Crippen LogP contribution >= 0.6 is 11.3 Å². The minimum atomic E-state index is -0.265. The predicted octanol–water partition coefficient (Wildman–Crippen LogP) is 2.58. The zero-order chi connectivity index (χ0) is 18.1. The van der Waals surface area contributed by atoms with Crippen molar-refractivity contribution in [2.24, 2.45) is 0 Å². The highest BCUT2D eigenvalue weighted by atomic mass is 32.1. The predicted molar refractivity (Wildman–Crippen MR) is 96.1 cm³/mol. The second-order valence-electron chi connectivity index (χ2n) is 5.13. The number of hydrogen-bond acceptors (Lipinski definition) is 8. The van der Waals surface area contributed by atoms with Crippen molar-refractivity contribution in [3.05, 3.63) is 40.3 Å². The number of fused-ring (bicyclic) bond motifs is 1. The van der Waals surface area contributed by atoms with Crippen molar-refractivity contribution in [2.75, 3.05) is 25.7 Å². The summed E-state index contributed by atoms with van der Waals surface area (Å²) in [5, 5.41) is 9.61. The van der Waals surface area contributed by atoms with Crippen LogP contribution in [-0.2, 0) is 0 Å². The van der Waals surface area contributed by atoms with Crippen LogP contribution in [-0.4, -0.2) is 25.0 Å². The van der Waals surface area contributed by atoms with Crippen molar-refractivity contribution < 1.29 is 14.3 Å². The number of nitrogens with two attached hydrogens (primary N) is 2. The molecule has 0 bridgehead atoms. The lowest BCUT2D eigenvalue weighted by molar-refractivity contribution is 0.104. The third-order valence-electron chi connectivity index (χ3n) is 3.72. The van der Waals surface area contributed by atoms with Gasteiger partial charge in [-0.25, -0.2) is 4.98 Å². The average Bonchev–Trinajstić information content (AvgIpc) is 2.95. The van der Waals surface area contributed by atoms with Gasteiger partial charge >= 0.3 is 0 Å². The van der Waals surface area contributed by atoms with Crippen LogP contribution in [0.5, 0.6) is 11.5 Å². The summed E-state index contributed by atoms with van der Waals surface area (Å²) < 4.78 is 10.4. The average molecular weight is 354 g/mol. The topological polar surface area (TPSA) is 124 Å². The molecule has 2 aromatic heterocycles. The van der Waals surface area contributed by atoms with Gasteiger partial charge in [-0.1, -0.05) is 0 Å². The fourth-order valence-electron chi connectivity index (χ4n) is 2.42. The number of anilines is 2. The molecule has 0 aliphatic carbocycles. The molecule has 0 aliphatic heterocycles. The smallest absolute Gasteiger partial charge is 0.205 e. The fourth-order valence-corrected chi connectivity index (χ4v) is 3.47. The van der Waals surface area contributed by atoms with E-state index < -0.39 is 0 Å². The Morgan fingerprint density at radius 1 is 1.20 bits per heavy atom. The van der Waals surface area contributed by atoms with Gasteiger partial charge in [0.05, 0.1) is 25.5 Å². The molecule has 1 aromatic carbocycles.